The maximum Gasteiger partial charge on any atom is 0.239 e. The molecule has 1 amide bonds. The highest BCUT2D eigenvalue weighted by Crippen LogP contribution is 2.29. The summed E-state index contributed by atoms with van der Waals surface area (Å²) < 4.78 is 5.39. The van der Waals surface area contributed by atoms with Crippen LogP contribution in [-0.2, 0) is 11.3 Å². The van der Waals surface area contributed by atoms with Crippen molar-refractivity contribution >= 4 is 5.91 Å². The molecule has 1 aromatic rings. The number of likely N-dealkylation sites (N-methyl/N-ethyl adjacent to an activating group) is 1. The van der Waals surface area contributed by atoms with Gasteiger partial charge in [-0.15, -0.1) is 0 Å². The van der Waals surface area contributed by atoms with Gasteiger partial charge in [-0.3, -0.25) is 9.69 Å². The summed E-state index contributed by atoms with van der Waals surface area (Å²) in [6.07, 6.45) is 2.09. The molecule has 0 aliphatic carbocycles. The topological polar surface area (TPSA) is 56.9 Å². The predicted molar refractivity (Wildman–Crippen MR) is 71.5 cm³/mol. The molecule has 2 heterocycles. The maximum absolute atomic E-state index is 12.3. The van der Waals surface area contributed by atoms with E-state index in [1.165, 1.54) is 0 Å². The molecule has 2 rings (SSSR count). The Kier molecular flexibility index (Phi) is 3.96. The van der Waals surface area contributed by atoms with Gasteiger partial charge in [-0.25, -0.2) is 0 Å². The van der Waals surface area contributed by atoms with Gasteiger partial charge in [0.2, 0.25) is 5.91 Å². The number of hydrogen-bond acceptors (Lipinski definition) is 4. The Morgan fingerprint density at radius 3 is 2.84 bits per heavy atom. The standard InChI is InChI=1S/C14H22N2O3/c1-14(2)10-15(3)13(18)12(6-7-17)16(14)9-11-5-4-8-19-11/h4-5,8,12,17H,6-7,9-10H2,1-3H3. The van der Waals surface area contributed by atoms with Crippen molar-refractivity contribution in [3.8, 4) is 0 Å². The second-order valence-corrected chi connectivity index (χ2v) is 5.74. The van der Waals surface area contributed by atoms with E-state index in [0.29, 0.717) is 19.5 Å². The van der Waals surface area contributed by atoms with Crippen molar-refractivity contribution in [3.05, 3.63) is 24.2 Å². The van der Waals surface area contributed by atoms with Crippen molar-refractivity contribution in [2.75, 3.05) is 20.2 Å². The van der Waals surface area contributed by atoms with Gasteiger partial charge < -0.3 is 14.4 Å². The number of carbonyl (C=O) groups excluding carboxylic acids is 1. The fourth-order valence-electron chi connectivity index (χ4n) is 2.85. The average Bonchev–Trinajstić information content (AvgIpc) is 2.83. The van der Waals surface area contributed by atoms with Crippen molar-refractivity contribution in [2.24, 2.45) is 0 Å². The van der Waals surface area contributed by atoms with Crippen molar-refractivity contribution in [1.29, 1.82) is 0 Å². The molecule has 5 heteroatoms. The molecular formula is C14H22N2O3. The molecule has 5 nitrogen and oxygen atoms in total. The zero-order valence-corrected chi connectivity index (χ0v) is 11.8. The van der Waals surface area contributed by atoms with Crippen LogP contribution >= 0.6 is 0 Å². The van der Waals surface area contributed by atoms with Crippen LogP contribution in [0.15, 0.2) is 22.8 Å². The molecule has 106 valence electrons. The number of hydrogen-bond donors (Lipinski definition) is 1. The smallest absolute Gasteiger partial charge is 0.239 e. The first-order chi connectivity index (χ1) is 8.95. The third-order valence-corrected chi connectivity index (χ3v) is 3.75. The van der Waals surface area contributed by atoms with Crippen LogP contribution < -0.4 is 0 Å². The molecule has 0 spiro atoms. The van der Waals surface area contributed by atoms with E-state index in [4.69, 9.17) is 4.42 Å². The van der Waals surface area contributed by atoms with Gasteiger partial charge in [-0.2, -0.15) is 0 Å². The molecule has 1 saturated heterocycles. The fraction of sp³-hybridized carbons (Fsp3) is 0.643. The second-order valence-electron chi connectivity index (χ2n) is 5.74. The molecule has 1 N–H and O–H groups in total. The summed E-state index contributed by atoms with van der Waals surface area (Å²) in [5.41, 5.74) is -0.144. The number of aliphatic hydroxyl groups excluding tert-OH is 1. The zero-order valence-electron chi connectivity index (χ0n) is 11.8. The van der Waals surface area contributed by atoms with Crippen molar-refractivity contribution in [3.63, 3.8) is 0 Å². The summed E-state index contributed by atoms with van der Waals surface area (Å²) in [5, 5.41) is 9.22. The highest BCUT2D eigenvalue weighted by atomic mass is 16.3. The molecule has 0 bridgehead atoms. The number of carbonyl (C=O) groups is 1. The number of nitrogens with zero attached hydrogens (tertiary/aromatic N) is 2. The summed E-state index contributed by atoms with van der Waals surface area (Å²) in [4.78, 5) is 16.2. The molecule has 1 aromatic heterocycles. The number of furan rings is 1. The van der Waals surface area contributed by atoms with Gasteiger partial charge in [0, 0.05) is 25.7 Å². The van der Waals surface area contributed by atoms with E-state index in [1.54, 1.807) is 11.2 Å². The highest BCUT2D eigenvalue weighted by Gasteiger charge is 2.43. The molecule has 0 saturated carbocycles. The Morgan fingerprint density at radius 1 is 1.53 bits per heavy atom. The van der Waals surface area contributed by atoms with E-state index in [0.717, 1.165) is 5.76 Å². The molecule has 19 heavy (non-hydrogen) atoms. The Hall–Kier alpha value is -1.33. The van der Waals surface area contributed by atoms with Gasteiger partial charge in [0.05, 0.1) is 18.8 Å². The predicted octanol–water partition coefficient (Wildman–Crippen LogP) is 1.08. The molecule has 0 aromatic carbocycles. The van der Waals surface area contributed by atoms with Gasteiger partial charge in [0.1, 0.15) is 5.76 Å². The molecule has 1 fully saturated rings. The van der Waals surface area contributed by atoms with Gasteiger partial charge >= 0.3 is 0 Å². The van der Waals surface area contributed by atoms with Gasteiger partial charge in [0.25, 0.3) is 0 Å². The number of rotatable bonds is 4. The third kappa shape index (κ3) is 2.82. The number of aliphatic hydroxyl groups is 1. The minimum absolute atomic E-state index is 0.00891. The fourth-order valence-corrected chi connectivity index (χ4v) is 2.85. The van der Waals surface area contributed by atoms with E-state index in [9.17, 15) is 9.90 Å². The minimum Gasteiger partial charge on any atom is -0.468 e. The number of piperazine rings is 1. The van der Waals surface area contributed by atoms with E-state index in [2.05, 4.69) is 18.7 Å². The third-order valence-electron chi connectivity index (χ3n) is 3.75. The first-order valence-corrected chi connectivity index (χ1v) is 6.60. The Morgan fingerprint density at radius 2 is 2.26 bits per heavy atom. The highest BCUT2D eigenvalue weighted by molar-refractivity contribution is 5.82. The Balaban J connectivity index is 2.25. The molecule has 1 aliphatic heterocycles. The van der Waals surface area contributed by atoms with Crippen LogP contribution in [0.5, 0.6) is 0 Å². The normalized spacial score (nSPS) is 23.9. The zero-order chi connectivity index (χ0) is 14.0. The van der Waals surface area contributed by atoms with Crippen LogP contribution in [0, 0.1) is 0 Å². The minimum atomic E-state index is -0.288. The van der Waals surface area contributed by atoms with Gasteiger partial charge in [-0.1, -0.05) is 0 Å². The van der Waals surface area contributed by atoms with Crippen molar-refractivity contribution in [1.82, 2.24) is 9.80 Å². The molecule has 1 atom stereocenters. The van der Waals surface area contributed by atoms with Gasteiger partial charge in [-0.05, 0) is 32.4 Å². The quantitative estimate of drug-likeness (QED) is 0.886. The first-order valence-electron chi connectivity index (χ1n) is 6.60. The van der Waals surface area contributed by atoms with Crippen molar-refractivity contribution in [2.45, 2.75) is 38.4 Å². The van der Waals surface area contributed by atoms with E-state index >= 15 is 0 Å². The van der Waals surface area contributed by atoms with Gasteiger partial charge in [0.15, 0.2) is 0 Å². The van der Waals surface area contributed by atoms with Crippen LogP contribution in [0.2, 0.25) is 0 Å². The second kappa shape index (κ2) is 5.35. The maximum atomic E-state index is 12.3. The molecule has 0 radical (unpaired) electrons. The van der Waals surface area contributed by atoms with Crippen LogP contribution in [0.25, 0.3) is 0 Å². The lowest BCUT2D eigenvalue weighted by molar-refractivity contribution is -0.150. The molecule has 1 aliphatic rings. The summed E-state index contributed by atoms with van der Waals surface area (Å²) in [6, 6.07) is 3.47. The van der Waals surface area contributed by atoms with Crippen LogP contribution in [-0.4, -0.2) is 52.6 Å². The first kappa shape index (κ1) is 14.1. The lowest BCUT2D eigenvalue weighted by Crippen LogP contribution is -2.65. The lowest BCUT2D eigenvalue weighted by Gasteiger charge is -2.49. The summed E-state index contributed by atoms with van der Waals surface area (Å²) in [7, 11) is 1.82. The largest absolute Gasteiger partial charge is 0.468 e. The summed E-state index contributed by atoms with van der Waals surface area (Å²) >= 11 is 0. The van der Waals surface area contributed by atoms with Crippen LogP contribution in [0.3, 0.4) is 0 Å². The number of amides is 1. The van der Waals surface area contributed by atoms with E-state index in [-0.39, 0.29) is 24.1 Å². The van der Waals surface area contributed by atoms with Crippen LogP contribution in [0.1, 0.15) is 26.0 Å². The monoisotopic (exact) mass is 266 g/mol. The molecular weight excluding hydrogens is 244 g/mol. The average molecular weight is 266 g/mol. The van der Waals surface area contributed by atoms with E-state index < -0.39 is 0 Å². The Bertz CT molecular complexity index is 428. The summed E-state index contributed by atoms with van der Waals surface area (Å²) in [5.74, 6) is 0.910. The SMILES string of the molecule is CN1CC(C)(C)N(Cc2ccco2)C(CCO)C1=O. The lowest BCUT2D eigenvalue weighted by atomic mass is 9.93. The van der Waals surface area contributed by atoms with Crippen LogP contribution in [0.4, 0.5) is 0 Å². The Labute approximate surface area is 113 Å². The molecule has 1 unspecified atom stereocenters. The summed E-state index contributed by atoms with van der Waals surface area (Å²) in [6.45, 7) is 5.50. The van der Waals surface area contributed by atoms with E-state index in [1.807, 2.05) is 19.2 Å². The van der Waals surface area contributed by atoms with Crippen molar-refractivity contribution < 1.29 is 14.3 Å².